The van der Waals surface area contributed by atoms with Gasteiger partial charge in [-0.3, -0.25) is 9.59 Å². The van der Waals surface area contributed by atoms with Crippen LogP contribution in [0.5, 0.6) is 0 Å². The van der Waals surface area contributed by atoms with Crippen LogP contribution in [-0.2, 0) is 29.6 Å². The maximum absolute atomic E-state index is 12.5. The molecule has 8 nitrogen and oxygen atoms in total. The highest BCUT2D eigenvalue weighted by Gasteiger charge is 2.33. The fraction of sp³-hybridized carbons (Fsp3) is 0.357. The Morgan fingerprint density at radius 3 is 1.16 bits per heavy atom. The van der Waals surface area contributed by atoms with E-state index in [0.29, 0.717) is 37.1 Å². The Labute approximate surface area is 225 Å². The Morgan fingerprint density at radius 2 is 0.842 bits per heavy atom. The molecule has 0 aromatic heterocycles. The zero-order valence-electron chi connectivity index (χ0n) is 21.9. The van der Waals surface area contributed by atoms with Gasteiger partial charge in [-0.25, -0.2) is 25.4 Å². The largest absolute Gasteiger partial charge is 0.273 e. The molecule has 38 heavy (non-hydrogen) atoms. The van der Waals surface area contributed by atoms with Crippen LogP contribution in [0.2, 0.25) is 0 Å². The monoisotopic (exact) mass is 558 g/mol. The fourth-order valence-electron chi connectivity index (χ4n) is 4.21. The van der Waals surface area contributed by atoms with Crippen LogP contribution in [0.4, 0.5) is 0 Å². The van der Waals surface area contributed by atoms with E-state index in [0.717, 1.165) is 32.6 Å². The molecule has 0 atom stereocenters. The zero-order chi connectivity index (χ0) is 28.1. The van der Waals surface area contributed by atoms with Crippen molar-refractivity contribution in [1.29, 1.82) is 0 Å². The predicted molar refractivity (Wildman–Crippen MR) is 146 cm³/mol. The second-order valence-electron chi connectivity index (χ2n) is 9.50. The first-order chi connectivity index (χ1) is 17.9. The van der Waals surface area contributed by atoms with Gasteiger partial charge in [0, 0.05) is 24.2 Å². The van der Waals surface area contributed by atoms with Crippen LogP contribution in [0.1, 0.15) is 62.5 Å². The van der Waals surface area contributed by atoms with Crippen molar-refractivity contribution < 1.29 is 26.4 Å². The molecule has 2 aliphatic rings. The number of aryl methyl sites for hydroxylation is 2. The minimum Gasteiger partial charge on any atom is -0.273 e. The molecule has 2 fully saturated rings. The summed E-state index contributed by atoms with van der Waals surface area (Å²) in [5.41, 5.74) is 2.67. The summed E-state index contributed by atoms with van der Waals surface area (Å²) in [6, 6.07) is 13.0. The van der Waals surface area contributed by atoms with Crippen molar-refractivity contribution in [2.75, 3.05) is 0 Å². The van der Waals surface area contributed by atoms with Crippen molar-refractivity contribution >= 4 is 31.9 Å². The number of carbonyl (C=O) groups excluding carboxylic acids is 2. The highest BCUT2D eigenvalue weighted by atomic mass is 32.2. The first kappa shape index (κ1) is 29.3. The van der Waals surface area contributed by atoms with Gasteiger partial charge < -0.3 is 0 Å². The van der Waals surface area contributed by atoms with E-state index >= 15 is 0 Å². The standard InChI is InChI=1S/2C14H17NO3S/c2*1-11-7-9-13(10-8-11)19(17,18)15-12(2)5-3-4-6-14(15)16/h2*7-10H,2-6H2,1H3. The van der Waals surface area contributed by atoms with Crippen molar-refractivity contribution in [3.05, 3.63) is 84.2 Å². The molecule has 2 aromatic rings. The zero-order valence-corrected chi connectivity index (χ0v) is 23.5. The van der Waals surface area contributed by atoms with Gasteiger partial charge in [0.2, 0.25) is 11.8 Å². The predicted octanol–water partition coefficient (Wildman–Crippen LogP) is 5.20. The van der Waals surface area contributed by atoms with Crippen LogP contribution < -0.4 is 0 Å². The summed E-state index contributed by atoms with van der Waals surface area (Å²) >= 11 is 0. The molecule has 2 saturated heterocycles. The number of rotatable bonds is 4. The number of nitrogens with zero attached hydrogens (tertiary/aromatic N) is 2. The van der Waals surface area contributed by atoms with Gasteiger partial charge in [0.1, 0.15) is 0 Å². The molecule has 0 N–H and O–H groups in total. The number of allylic oxidation sites excluding steroid dienone is 2. The summed E-state index contributed by atoms with van der Waals surface area (Å²) in [5.74, 6) is -0.772. The van der Waals surface area contributed by atoms with Gasteiger partial charge in [-0.05, 0) is 76.6 Å². The Hall–Kier alpha value is -3.24. The molecule has 2 aromatic carbocycles. The average Bonchev–Trinajstić information content (AvgIpc) is 3.13. The van der Waals surface area contributed by atoms with Gasteiger partial charge in [0.05, 0.1) is 9.79 Å². The summed E-state index contributed by atoms with van der Waals surface area (Å²) in [5, 5.41) is 0. The first-order valence-electron chi connectivity index (χ1n) is 12.5. The third kappa shape index (κ3) is 6.60. The molecular formula is C28H34N2O6S2. The maximum Gasteiger partial charge on any atom is 0.270 e. The number of carbonyl (C=O) groups is 2. The van der Waals surface area contributed by atoms with E-state index in [-0.39, 0.29) is 34.4 Å². The minimum atomic E-state index is -3.82. The van der Waals surface area contributed by atoms with Crippen LogP contribution in [0, 0.1) is 13.8 Å². The molecule has 0 spiro atoms. The normalized spacial score (nSPS) is 17.4. The maximum atomic E-state index is 12.5. The Balaban J connectivity index is 0.000000211. The van der Waals surface area contributed by atoms with E-state index in [1.165, 1.54) is 24.3 Å². The molecular weight excluding hydrogens is 524 g/mol. The Bertz CT molecular complexity index is 1280. The number of benzene rings is 2. The van der Waals surface area contributed by atoms with Crippen molar-refractivity contribution in [2.24, 2.45) is 0 Å². The van der Waals surface area contributed by atoms with Gasteiger partial charge in [0.15, 0.2) is 0 Å². The van der Waals surface area contributed by atoms with Gasteiger partial charge in [-0.1, -0.05) is 48.6 Å². The molecule has 4 rings (SSSR count). The lowest BCUT2D eigenvalue weighted by atomic mass is 10.2. The molecule has 2 heterocycles. The Kier molecular flexibility index (Phi) is 9.32. The SMILES string of the molecule is C=C1CCCCC(=O)N1S(=O)(=O)c1ccc(C)cc1.C=C1CCCCC(=O)N1S(=O)(=O)c1ccc(C)cc1. The molecule has 2 aliphatic heterocycles. The summed E-state index contributed by atoms with van der Waals surface area (Å²) in [4.78, 5) is 24.3. The molecule has 0 bridgehead atoms. The summed E-state index contributed by atoms with van der Waals surface area (Å²) < 4.78 is 51.8. The van der Waals surface area contributed by atoms with Gasteiger partial charge in [0.25, 0.3) is 20.0 Å². The topological polar surface area (TPSA) is 109 Å². The quantitative estimate of drug-likeness (QED) is 0.510. The molecule has 0 aliphatic carbocycles. The van der Waals surface area contributed by atoms with E-state index in [1.807, 2.05) is 13.8 Å². The highest BCUT2D eigenvalue weighted by Crippen LogP contribution is 2.28. The molecule has 0 unspecified atom stereocenters. The molecule has 10 heteroatoms. The Morgan fingerprint density at radius 1 is 0.553 bits per heavy atom. The molecule has 2 amide bonds. The highest BCUT2D eigenvalue weighted by molar-refractivity contribution is 7.90. The van der Waals surface area contributed by atoms with E-state index in [9.17, 15) is 26.4 Å². The van der Waals surface area contributed by atoms with Crippen LogP contribution in [-0.4, -0.2) is 37.3 Å². The number of hydrogen-bond donors (Lipinski definition) is 0. The number of sulfonamides is 2. The fourth-order valence-corrected chi connectivity index (χ4v) is 7.17. The van der Waals surface area contributed by atoms with E-state index in [2.05, 4.69) is 13.2 Å². The van der Waals surface area contributed by atoms with Gasteiger partial charge in [-0.15, -0.1) is 0 Å². The van der Waals surface area contributed by atoms with Crippen molar-refractivity contribution in [2.45, 2.75) is 75.0 Å². The van der Waals surface area contributed by atoms with Gasteiger partial charge >= 0.3 is 0 Å². The third-order valence-corrected chi connectivity index (χ3v) is 9.98. The lowest BCUT2D eigenvalue weighted by Gasteiger charge is -2.22. The van der Waals surface area contributed by atoms with Gasteiger partial charge in [-0.2, -0.15) is 0 Å². The molecule has 0 saturated carbocycles. The third-order valence-electron chi connectivity index (χ3n) is 6.36. The van der Waals surface area contributed by atoms with Crippen molar-refractivity contribution in [3.8, 4) is 0 Å². The lowest BCUT2D eigenvalue weighted by molar-refractivity contribution is -0.125. The number of amides is 2. The van der Waals surface area contributed by atoms with Crippen LogP contribution >= 0.6 is 0 Å². The van der Waals surface area contributed by atoms with Crippen LogP contribution in [0.25, 0.3) is 0 Å². The van der Waals surface area contributed by atoms with Crippen molar-refractivity contribution in [1.82, 2.24) is 8.61 Å². The summed E-state index contributed by atoms with van der Waals surface area (Å²) in [6.45, 7) is 11.2. The minimum absolute atomic E-state index is 0.134. The van der Waals surface area contributed by atoms with E-state index in [1.54, 1.807) is 24.3 Å². The van der Waals surface area contributed by atoms with Crippen molar-refractivity contribution in [3.63, 3.8) is 0 Å². The second-order valence-corrected chi connectivity index (χ2v) is 13.1. The summed E-state index contributed by atoms with van der Waals surface area (Å²) in [6.07, 6.45) is 4.59. The van der Waals surface area contributed by atoms with Crippen LogP contribution in [0.15, 0.2) is 82.9 Å². The molecule has 204 valence electrons. The van der Waals surface area contributed by atoms with Crippen LogP contribution in [0.3, 0.4) is 0 Å². The number of hydrogen-bond acceptors (Lipinski definition) is 6. The molecule has 0 radical (unpaired) electrons. The lowest BCUT2D eigenvalue weighted by Crippen LogP contribution is -2.34. The first-order valence-corrected chi connectivity index (χ1v) is 15.4. The second kappa shape index (κ2) is 12.1. The van der Waals surface area contributed by atoms with E-state index < -0.39 is 20.0 Å². The summed E-state index contributed by atoms with van der Waals surface area (Å²) in [7, 11) is -7.63. The smallest absolute Gasteiger partial charge is 0.270 e. The average molecular weight is 559 g/mol. The van der Waals surface area contributed by atoms with E-state index in [4.69, 9.17) is 0 Å².